The smallest absolute Gasteiger partial charge is 0.255 e. The van der Waals surface area contributed by atoms with E-state index >= 15 is 0 Å². The molecule has 2 heterocycles. The van der Waals surface area contributed by atoms with Crippen LogP contribution in [0.5, 0.6) is 0 Å². The lowest BCUT2D eigenvalue weighted by atomic mass is 10.1. The van der Waals surface area contributed by atoms with Gasteiger partial charge in [0.25, 0.3) is 5.91 Å². The van der Waals surface area contributed by atoms with Crippen molar-refractivity contribution in [3.8, 4) is 0 Å². The second-order valence-corrected chi connectivity index (χ2v) is 5.29. The van der Waals surface area contributed by atoms with Gasteiger partial charge in [0.1, 0.15) is 5.82 Å². The zero-order valence-electron chi connectivity index (χ0n) is 10.4. The van der Waals surface area contributed by atoms with Gasteiger partial charge in [0, 0.05) is 24.3 Å². The van der Waals surface area contributed by atoms with Crippen molar-refractivity contribution in [2.45, 2.75) is 25.5 Å². The first kappa shape index (κ1) is 13.3. The van der Waals surface area contributed by atoms with Crippen LogP contribution in [0.15, 0.2) is 16.7 Å². The van der Waals surface area contributed by atoms with E-state index in [0.29, 0.717) is 22.5 Å². The summed E-state index contributed by atoms with van der Waals surface area (Å²) in [5.41, 5.74) is 6.15. The van der Waals surface area contributed by atoms with E-state index in [1.165, 1.54) is 0 Å². The Hall–Kier alpha value is -1.14. The Morgan fingerprint density at radius 2 is 2.39 bits per heavy atom. The number of hydrogen-bond acceptors (Lipinski definition) is 4. The van der Waals surface area contributed by atoms with Crippen molar-refractivity contribution < 1.29 is 9.53 Å². The van der Waals surface area contributed by atoms with Gasteiger partial charge in [-0.3, -0.25) is 4.79 Å². The molecule has 2 rings (SSSR count). The van der Waals surface area contributed by atoms with Crippen molar-refractivity contribution in [3.63, 3.8) is 0 Å². The summed E-state index contributed by atoms with van der Waals surface area (Å²) >= 11 is 3.33. The number of rotatable bonds is 2. The first-order valence-electron chi connectivity index (χ1n) is 5.80. The fourth-order valence-corrected chi connectivity index (χ4v) is 2.57. The molecule has 0 saturated carbocycles. The molecule has 0 aliphatic carbocycles. The lowest BCUT2D eigenvalue weighted by Crippen LogP contribution is -2.41. The van der Waals surface area contributed by atoms with Gasteiger partial charge in [0.05, 0.1) is 17.7 Å². The fraction of sp³-hybridized carbons (Fsp3) is 0.500. The average molecular weight is 314 g/mol. The second-order valence-electron chi connectivity index (χ2n) is 4.44. The number of carbonyl (C=O) groups excluding carboxylic acids is 1. The van der Waals surface area contributed by atoms with Crippen molar-refractivity contribution in [3.05, 3.63) is 22.3 Å². The normalized spacial score (nSPS) is 23.1. The van der Waals surface area contributed by atoms with Crippen LogP contribution in [-0.2, 0) is 4.74 Å². The Morgan fingerprint density at radius 1 is 1.67 bits per heavy atom. The number of pyridine rings is 1. The minimum atomic E-state index is -0.0710. The number of likely N-dealkylation sites (N-methyl/N-ethyl adjacent to an activating group) is 1. The molecule has 1 fully saturated rings. The summed E-state index contributed by atoms with van der Waals surface area (Å²) in [6.07, 6.45) is 2.48. The van der Waals surface area contributed by atoms with Gasteiger partial charge in [-0.1, -0.05) is 0 Å². The number of aromatic nitrogens is 1. The zero-order chi connectivity index (χ0) is 13.3. The Morgan fingerprint density at radius 3 is 3.00 bits per heavy atom. The lowest BCUT2D eigenvalue weighted by Gasteiger charge is -2.27. The number of nitrogen functional groups attached to an aromatic ring is 1. The van der Waals surface area contributed by atoms with Crippen LogP contribution in [0.3, 0.4) is 0 Å². The van der Waals surface area contributed by atoms with E-state index < -0.39 is 0 Å². The molecule has 1 aromatic rings. The molecule has 0 radical (unpaired) electrons. The molecule has 2 N–H and O–H groups in total. The van der Waals surface area contributed by atoms with Crippen LogP contribution in [0, 0.1) is 0 Å². The van der Waals surface area contributed by atoms with E-state index in [4.69, 9.17) is 10.5 Å². The average Bonchev–Trinajstić information content (AvgIpc) is 2.77. The molecule has 1 saturated heterocycles. The molecular formula is C12H16BrN3O2. The molecule has 18 heavy (non-hydrogen) atoms. The largest absolute Gasteiger partial charge is 0.384 e. The van der Waals surface area contributed by atoms with Crippen molar-refractivity contribution in [2.75, 3.05) is 19.4 Å². The van der Waals surface area contributed by atoms with E-state index in [-0.39, 0.29) is 18.1 Å². The fourth-order valence-electron chi connectivity index (χ4n) is 2.19. The van der Waals surface area contributed by atoms with Gasteiger partial charge in [-0.15, -0.1) is 0 Å². The minimum absolute atomic E-state index is 0.0666. The predicted molar refractivity (Wildman–Crippen MR) is 72.3 cm³/mol. The third kappa shape index (κ3) is 2.49. The van der Waals surface area contributed by atoms with E-state index in [9.17, 15) is 4.79 Å². The van der Waals surface area contributed by atoms with Gasteiger partial charge in [-0.2, -0.15) is 0 Å². The van der Waals surface area contributed by atoms with Crippen LogP contribution in [-0.4, -0.2) is 41.6 Å². The highest BCUT2D eigenvalue weighted by molar-refractivity contribution is 9.10. The Balaban J connectivity index is 2.22. The first-order valence-corrected chi connectivity index (χ1v) is 6.59. The summed E-state index contributed by atoms with van der Waals surface area (Å²) in [6, 6.07) is 1.70. The number of nitrogens with two attached hydrogens (primary N) is 1. The molecule has 1 aromatic heterocycles. The van der Waals surface area contributed by atoms with Crippen LogP contribution >= 0.6 is 15.9 Å². The lowest BCUT2D eigenvalue weighted by molar-refractivity contribution is 0.0574. The highest BCUT2D eigenvalue weighted by Crippen LogP contribution is 2.23. The summed E-state index contributed by atoms with van der Waals surface area (Å²) in [6.45, 7) is 2.68. The third-order valence-corrected chi connectivity index (χ3v) is 3.89. The summed E-state index contributed by atoms with van der Waals surface area (Å²) in [7, 11) is 1.79. The Bertz CT molecular complexity index is 467. The number of hydrogen-bond donors (Lipinski definition) is 1. The molecule has 6 heteroatoms. The highest BCUT2D eigenvalue weighted by atomic mass is 79.9. The molecule has 5 nitrogen and oxygen atoms in total. The van der Waals surface area contributed by atoms with Gasteiger partial charge in [-0.25, -0.2) is 4.98 Å². The van der Waals surface area contributed by atoms with Crippen LogP contribution < -0.4 is 5.73 Å². The Labute approximate surface area is 114 Å². The van der Waals surface area contributed by atoms with Crippen LogP contribution in [0.25, 0.3) is 0 Å². The number of ether oxygens (including phenoxy) is 1. The molecule has 1 aliphatic heterocycles. The summed E-state index contributed by atoms with van der Waals surface area (Å²) in [5, 5.41) is 0. The molecule has 2 atom stereocenters. The first-order chi connectivity index (χ1) is 8.50. The maximum atomic E-state index is 12.4. The Kier molecular flexibility index (Phi) is 3.87. The van der Waals surface area contributed by atoms with Gasteiger partial charge >= 0.3 is 0 Å². The van der Waals surface area contributed by atoms with E-state index in [0.717, 1.165) is 6.42 Å². The maximum absolute atomic E-state index is 12.4. The maximum Gasteiger partial charge on any atom is 0.255 e. The molecule has 0 spiro atoms. The predicted octanol–water partition coefficient (Wildman–Crippen LogP) is 1.68. The van der Waals surface area contributed by atoms with E-state index in [1.807, 2.05) is 6.92 Å². The molecular weight excluding hydrogens is 298 g/mol. The quantitative estimate of drug-likeness (QED) is 0.902. The third-order valence-electron chi connectivity index (χ3n) is 3.26. The number of halogens is 1. The summed E-state index contributed by atoms with van der Waals surface area (Å²) in [5.74, 6) is 0.268. The zero-order valence-corrected chi connectivity index (χ0v) is 12.0. The summed E-state index contributed by atoms with van der Waals surface area (Å²) < 4.78 is 6.14. The van der Waals surface area contributed by atoms with Gasteiger partial charge in [0.2, 0.25) is 0 Å². The number of carbonyl (C=O) groups is 1. The second kappa shape index (κ2) is 5.24. The number of anilines is 1. The number of nitrogens with zero attached hydrogens (tertiary/aromatic N) is 2. The van der Waals surface area contributed by atoms with Gasteiger partial charge in [-0.05, 0) is 35.3 Å². The summed E-state index contributed by atoms with van der Waals surface area (Å²) in [4.78, 5) is 18.1. The minimum Gasteiger partial charge on any atom is -0.384 e. The molecule has 1 amide bonds. The van der Waals surface area contributed by atoms with Crippen molar-refractivity contribution in [1.29, 1.82) is 0 Å². The van der Waals surface area contributed by atoms with Crippen LogP contribution in [0.2, 0.25) is 0 Å². The molecule has 98 valence electrons. The van der Waals surface area contributed by atoms with Crippen molar-refractivity contribution >= 4 is 27.7 Å². The monoisotopic (exact) mass is 313 g/mol. The van der Waals surface area contributed by atoms with E-state index in [2.05, 4.69) is 20.9 Å². The molecule has 0 bridgehead atoms. The van der Waals surface area contributed by atoms with Crippen molar-refractivity contribution in [1.82, 2.24) is 9.88 Å². The molecule has 1 aliphatic rings. The van der Waals surface area contributed by atoms with Gasteiger partial charge in [0.15, 0.2) is 0 Å². The topological polar surface area (TPSA) is 68.5 Å². The standard InChI is InChI=1S/C12H16BrN3O2/c1-7-10(3-4-18-7)16(2)12(17)8-5-11(14)15-6-9(8)13/h5-7,10H,3-4H2,1-2H3,(H2,14,15). The SMILES string of the molecule is CC1OCCC1N(C)C(=O)c1cc(N)ncc1Br. The van der Waals surface area contributed by atoms with Crippen molar-refractivity contribution in [2.24, 2.45) is 0 Å². The highest BCUT2D eigenvalue weighted by Gasteiger charge is 2.31. The number of amides is 1. The van der Waals surface area contributed by atoms with Gasteiger partial charge < -0.3 is 15.4 Å². The van der Waals surface area contributed by atoms with Crippen LogP contribution in [0.1, 0.15) is 23.7 Å². The molecule has 0 aromatic carbocycles. The molecule has 2 unspecified atom stereocenters. The van der Waals surface area contributed by atoms with E-state index in [1.54, 1.807) is 24.2 Å². The van der Waals surface area contributed by atoms with Crippen LogP contribution in [0.4, 0.5) is 5.82 Å².